The minimum Gasteiger partial charge on any atom is -0.336 e. The van der Waals surface area contributed by atoms with E-state index in [0.717, 1.165) is 16.7 Å². The Bertz CT molecular complexity index is 1040. The van der Waals surface area contributed by atoms with Crippen LogP contribution in [0.1, 0.15) is 67.2 Å². The zero-order chi connectivity index (χ0) is 20.7. The second kappa shape index (κ2) is 9.98. The third-order valence-electron chi connectivity index (χ3n) is 5.78. The molecule has 1 saturated heterocycles. The third-order valence-corrected chi connectivity index (χ3v) is 5.78. The number of hydrogen-bond donors (Lipinski definition) is 1. The van der Waals surface area contributed by atoms with Gasteiger partial charge in [-0.05, 0) is 31.4 Å². The van der Waals surface area contributed by atoms with Gasteiger partial charge in [-0.2, -0.15) is 5.10 Å². The van der Waals surface area contributed by atoms with Crippen LogP contribution in [-0.4, -0.2) is 44.7 Å². The van der Waals surface area contributed by atoms with Crippen LogP contribution in [0.25, 0.3) is 11.0 Å². The fourth-order valence-electron chi connectivity index (χ4n) is 4.11. The first-order chi connectivity index (χ1) is 13.9. The summed E-state index contributed by atoms with van der Waals surface area (Å²) in [5.41, 5.74) is 9.97. The largest absolute Gasteiger partial charge is 0.336 e. The molecular weight excluding hydrogens is 433 g/mol. The first-order valence-electron chi connectivity index (χ1n) is 10.3. The van der Waals surface area contributed by atoms with Crippen LogP contribution in [0.15, 0.2) is 42.6 Å². The molecule has 1 aliphatic rings. The van der Waals surface area contributed by atoms with Gasteiger partial charge in [0.25, 0.3) is 5.91 Å². The first kappa shape index (κ1) is 25.1. The van der Waals surface area contributed by atoms with Crippen molar-refractivity contribution in [3.63, 3.8) is 0 Å². The zero-order valence-electron chi connectivity index (χ0n) is 18.4. The van der Waals surface area contributed by atoms with Gasteiger partial charge in [-0.15, -0.1) is 24.8 Å². The number of hydrogen-bond acceptors (Lipinski definition) is 4. The normalized spacial score (nSPS) is 18.4. The Kier molecular flexibility index (Phi) is 8.09. The van der Waals surface area contributed by atoms with Crippen LogP contribution in [0.2, 0.25) is 0 Å². The number of benzene rings is 1. The Morgan fingerprint density at radius 1 is 1.10 bits per heavy atom. The van der Waals surface area contributed by atoms with E-state index in [2.05, 4.69) is 44.9 Å². The lowest BCUT2D eigenvalue weighted by Gasteiger charge is -2.18. The van der Waals surface area contributed by atoms with Crippen molar-refractivity contribution in [2.75, 3.05) is 13.1 Å². The van der Waals surface area contributed by atoms with Gasteiger partial charge in [-0.25, -0.2) is 9.67 Å². The molecule has 0 unspecified atom stereocenters. The molecule has 8 heteroatoms. The SMILES string of the molecule is CC(C)c1cc(C(=O)N2C[C@@H](N)[C@H](c3ccccc3)C2)c2cnn(C(C)C)c2n1.Cl.Cl. The Morgan fingerprint density at radius 2 is 1.77 bits per heavy atom. The van der Waals surface area contributed by atoms with Crippen molar-refractivity contribution >= 4 is 41.8 Å². The van der Waals surface area contributed by atoms with Gasteiger partial charge >= 0.3 is 0 Å². The molecule has 6 nitrogen and oxygen atoms in total. The van der Waals surface area contributed by atoms with Gasteiger partial charge in [0.05, 0.1) is 17.1 Å². The lowest BCUT2D eigenvalue weighted by atomic mass is 9.95. The van der Waals surface area contributed by atoms with Crippen LogP contribution < -0.4 is 5.73 Å². The van der Waals surface area contributed by atoms with Gasteiger partial charge in [0, 0.05) is 36.8 Å². The highest BCUT2D eigenvalue weighted by molar-refractivity contribution is 6.05. The molecule has 1 amide bonds. The minimum absolute atomic E-state index is 0. The van der Waals surface area contributed by atoms with Gasteiger partial charge in [0.15, 0.2) is 5.65 Å². The minimum atomic E-state index is -0.0679. The van der Waals surface area contributed by atoms with E-state index in [4.69, 9.17) is 10.7 Å². The van der Waals surface area contributed by atoms with E-state index in [1.165, 1.54) is 5.56 Å². The van der Waals surface area contributed by atoms with Gasteiger partial charge in [-0.3, -0.25) is 4.79 Å². The van der Waals surface area contributed by atoms with E-state index in [9.17, 15) is 4.79 Å². The Labute approximate surface area is 196 Å². The molecule has 0 radical (unpaired) electrons. The summed E-state index contributed by atoms with van der Waals surface area (Å²) in [4.78, 5) is 20.2. The number of likely N-dealkylation sites (tertiary alicyclic amines) is 1. The number of aromatic nitrogens is 3. The summed E-state index contributed by atoms with van der Waals surface area (Å²) < 4.78 is 1.89. The van der Waals surface area contributed by atoms with Crippen LogP contribution >= 0.6 is 24.8 Å². The second-order valence-electron chi connectivity index (χ2n) is 8.56. The van der Waals surface area contributed by atoms with Gasteiger partial charge in [-0.1, -0.05) is 44.2 Å². The molecule has 0 bridgehead atoms. The summed E-state index contributed by atoms with van der Waals surface area (Å²) in [7, 11) is 0. The summed E-state index contributed by atoms with van der Waals surface area (Å²) in [6.45, 7) is 9.51. The Hall–Kier alpha value is -2.15. The predicted octanol–water partition coefficient (Wildman–Crippen LogP) is 4.55. The molecule has 0 spiro atoms. The summed E-state index contributed by atoms with van der Waals surface area (Å²) in [6.07, 6.45) is 1.77. The number of nitrogens with two attached hydrogens (primary N) is 1. The second-order valence-corrected chi connectivity index (χ2v) is 8.56. The van der Waals surface area contributed by atoms with Crippen molar-refractivity contribution in [1.29, 1.82) is 0 Å². The van der Waals surface area contributed by atoms with Gasteiger partial charge in [0.1, 0.15) is 0 Å². The zero-order valence-corrected chi connectivity index (χ0v) is 20.0. The molecule has 0 aliphatic carbocycles. The van der Waals surface area contributed by atoms with Crippen molar-refractivity contribution in [3.8, 4) is 0 Å². The maximum absolute atomic E-state index is 13.5. The number of rotatable bonds is 4. The average Bonchev–Trinajstić information content (AvgIpc) is 3.31. The molecule has 1 aromatic carbocycles. The number of carbonyl (C=O) groups excluding carboxylic acids is 1. The molecule has 31 heavy (non-hydrogen) atoms. The lowest BCUT2D eigenvalue weighted by Crippen LogP contribution is -2.32. The number of pyridine rings is 1. The van der Waals surface area contributed by atoms with Gasteiger partial charge in [0.2, 0.25) is 0 Å². The number of nitrogens with zero attached hydrogens (tertiary/aromatic N) is 4. The molecule has 0 saturated carbocycles. The monoisotopic (exact) mass is 463 g/mol. The van der Waals surface area contributed by atoms with E-state index in [1.807, 2.05) is 33.8 Å². The highest BCUT2D eigenvalue weighted by atomic mass is 35.5. The Balaban J connectivity index is 0.00000171. The highest BCUT2D eigenvalue weighted by Gasteiger charge is 2.35. The fraction of sp³-hybridized carbons (Fsp3) is 0.435. The third kappa shape index (κ3) is 4.71. The number of amides is 1. The quantitative estimate of drug-likeness (QED) is 0.615. The maximum Gasteiger partial charge on any atom is 0.254 e. The smallest absolute Gasteiger partial charge is 0.254 e. The Morgan fingerprint density at radius 3 is 2.39 bits per heavy atom. The molecular formula is C23H31Cl2N5O. The maximum atomic E-state index is 13.5. The average molecular weight is 464 g/mol. The molecule has 3 heterocycles. The molecule has 2 N–H and O–H groups in total. The molecule has 4 rings (SSSR count). The van der Waals surface area contributed by atoms with Gasteiger partial charge < -0.3 is 10.6 Å². The number of carbonyl (C=O) groups is 1. The van der Waals surface area contributed by atoms with Crippen molar-refractivity contribution in [2.24, 2.45) is 5.73 Å². The summed E-state index contributed by atoms with van der Waals surface area (Å²) in [6, 6.07) is 12.3. The first-order valence-corrected chi connectivity index (χ1v) is 10.3. The molecule has 1 aliphatic heterocycles. The topological polar surface area (TPSA) is 77.0 Å². The predicted molar refractivity (Wildman–Crippen MR) is 130 cm³/mol. The molecule has 2 atom stereocenters. The standard InChI is InChI=1S/C23H29N5O.2ClH/c1-14(2)21-10-17(18-11-25-28(15(3)4)22(18)26-21)23(29)27-12-19(20(24)13-27)16-8-6-5-7-9-16;;/h5-11,14-15,19-20H,12-13,24H2,1-4H3;2*1H/t19-,20+;;/m0../s1. The van der Waals surface area contributed by atoms with E-state index < -0.39 is 0 Å². The fourth-order valence-corrected chi connectivity index (χ4v) is 4.11. The molecule has 168 valence electrons. The van der Waals surface area contributed by atoms with Crippen molar-refractivity contribution in [3.05, 3.63) is 59.4 Å². The van der Waals surface area contributed by atoms with E-state index in [0.29, 0.717) is 18.7 Å². The molecule has 1 fully saturated rings. The van der Waals surface area contributed by atoms with Crippen LogP contribution in [0.5, 0.6) is 0 Å². The van der Waals surface area contributed by atoms with Crippen molar-refractivity contribution < 1.29 is 4.79 Å². The summed E-state index contributed by atoms with van der Waals surface area (Å²) in [5, 5.41) is 5.31. The summed E-state index contributed by atoms with van der Waals surface area (Å²) >= 11 is 0. The van der Waals surface area contributed by atoms with Crippen LogP contribution in [-0.2, 0) is 0 Å². The van der Waals surface area contributed by atoms with Crippen LogP contribution in [0.4, 0.5) is 0 Å². The van der Waals surface area contributed by atoms with Crippen LogP contribution in [0, 0.1) is 0 Å². The van der Waals surface area contributed by atoms with E-state index in [-0.39, 0.29) is 54.6 Å². The van der Waals surface area contributed by atoms with Crippen molar-refractivity contribution in [2.45, 2.75) is 51.6 Å². The molecule has 2 aromatic heterocycles. The highest BCUT2D eigenvalue weighted by Crippen LogP contribution is 2.30. The lowest BCUT2D eigenvalue weighted by molar-refractivity contribution is 0.0791. The molecule has 3 aromatic rings. The van der Waals surface area contributed by atoms with E-state index >= 15 is 0 Å². The van der Waals surface area contributed by atoms with Crippen molar-refractivity contribution in [1.82, 2.24) is 19.7 Å². The summed E-state index contributed by atoms with van der Waals surface area (Å²) in [5.74, 6) is 0.385. The van der Waals surface area contributed by atoms with Crippen LogP contribution in [0.3, 0.4) is 0 Å². The number of fused-ring (bicyclic) bond motifs is 1. The number of halogens is 2. The van der Waals surface area contributed by atoms with E-state index in [1.54, 1.807) is 6.20 Å².